The molecule has 100 valence electrons. The lowest BCUT2D eigenvalue weighted by Gasteiger charge is -2.27. The van der Waals surface area contributed by atoms with E-state index in [1.165, 1.54) is 0 Å². The van der Waals surface area contributed by atoms with Gasteiger partial charge in [-0.25, -0.2) is 0 Å². The fourth-order valence-electron chi connectivity index (χ4n) is 1.77. The lowest BCUT2D eigenvalue weighted by Crippen LogP contribution is -2.53. The standard InChI is InChI=1S/C14H21ClN2O/c1-4-14(16,5-2)13(18)17-10(3)11-7-6-8-12(15)9-11/h6-10H,4-5,16H2,1-3H3,(H,17,18)/t10-/m1/s1. The Morgan fingerprint density at radius 3 is 2.56 bits per heavy atom. The van der Waals surface area contributed by atoms with Crippen molar-refractivity contribution in [3.63, 3.8) is 0 Å². The quantitative estimate of drug-likeness (QED) is 0.862. The second-order valence-corrected chi connectivity index (χ2v) is 5.05. The molecule has 0 aliphatic carbocycles. The van der Waals surface area contributed by atoms with Gasteiger partial charge in [0.25, 0.3) is 0 Å². The second-order valence-electron chi connectivity index (χ2n) is 4.61. The van der Waals surface area contributed by atoms with Crippen LogP contribution in [0.1, 0.15) is 45.2 Å². The van der Waals surface area contributed by atoms with Crippen molar-refractivity contribution in [3.8, 4) is 0 Å². The van der Waals surface area contributed by atoms with Crippen molar-refractivity contribution in [2.75, 3.05) is 0 Å². The van der Waals surface area contributed by atoms with Gasteiger partial charge in [-0.05, 0) is 37.5 Å². The summed E-state index contributed by atoms with van der Waals surface area (Å²) in [4.78, 5) is 12.1. The fourth-order valence-corrected chi connectivity index (χ4v) is 1.97. The minimum Gasteiger partial charge on any atom is -0.348 e. The summed E-state index contributed by atoms with van der Waals surface area (Å²) in [6.45, 7) is 5.77. The molecule has 1 aromatic carbocycles. The van der Waals surface area contributed by atoms with E-state index in [1.54, 1.807) is 0 Å². The van der Waals surface area contributed by atoms with E-state index in [0.29, 0.717) is 17.9 Å². The molecule has 0 heterocycles. The molecule has 0 saturated heterocycles. The maximum Gasteiger partial charge on any atom is 0.240 e. The van der Waals surface area contributed by atoms with Gasteiger partial charge in [0.2, 0.25) is 5.91 Å². The van der Waals surface area contributed by atoms with Gasteiger partial charge in [-0.2, -0.15) is 0 Å². The van der Waals surface area contributed by atoms with E-state index < -0.39 is 5.54 Å². The first-order chi connectivity index (χ1) is 8.42. The van der Waals surface area contributed by atoms with Crippen LogP contribution in [0.4, 0.5) is 0 Å². The highest BCUT2D eigenvalue weighted by molar-refractivity contribution is 6.30. The maximum absolute atomic E-state index is 12.1. The molecule has 0 fully saturated rings. The summed E-state index contributed by atoms with van der Waals surface area (Å²) in [7, 11) is 0. The third-order valence-electron chi connectivity index (χ3n) is 3.41. The minimum atomic E-state index is -0.785. The maximum atomic E-state index is 12.1. The molecule has 1 amide bonds. The summed E-state index contributed by atoms with van der Waals surface area (Å²) in [5.74, 6) is -0.111. The van der Waals surface area contributed by atoms with Gasteiger partial charge < -0.3 is 11.1 Å². The van der Waals surface area contributed by atoms with Crippen molar-refractivity contribution in [3.05, 3.63) is 34.9 Å². The van der Waals surface area contributed by atoms with Crippen molar-refractivity contribution in [2.45, 2.75) is 45.2 Å². The predicted molar refractivity (Wildman–Crippen MR) is 75.5 cm³/mol. The zero-order chi connectivity index (χ0) is 13.8. The largest absolute Gasteiger partial charge is 0.348 e. The van der Waals surface area contributed by atoms with Gasteiger partial charge in [-0.15, -0.1) is 0 Å². The predicted octanol–water partition coefficient (Wildman–Crippen LogP) is 3.03. The van der Waals surface area contributed by atoms with E-state index >= 15 is 0 Å². The molecule has 1 atom stereocenters. The number of benzene rings is 1. The Morgan fingerprint density at radius 2 is 2.06 bits per heavy atom. The Bertz CT molecular complexity index is 416. The molecule has 0 aliphatic rings. The molecule has 0 spiro atoms. The van der Waals surface area contributed by atoms with Gasteiger partial charge >= 0.3 is 0 Å². The fraction of sp³-hybridized carbons (Fsp3) is 0.500. The van der Waals surface area contributed by atoms with Crippen LogP contribution in [0.3, 0.4) is 0 Å². The van der Waals surface area contributed by atoms with Crippen LogP contribution >= 0.6 is 11.6 Å². The molecular weight excluding hydrogens is 248 g/mol. The number of rotatable bonds is 5. The van der Waals surface area contributed by atoms with Gasteiger partial charge in [0.05, 0.1) is 11.6 Å². The molecule has 1 aromatic rings. The van der Waals surface area contributed by atoms with Gasteiger partial charge in [-0.3, -0.25) is 4.79 Å². The Hall–Kier alpha value is -1.06. The van der Waals surface area contributed by atoms with Crippen LogP contribution in [-0.4, -0.2) is 11.4 Å². The smallest absolute Gasteiger partial charge is 0.240 e. The average Bonchev–Trinajstić information content (AvgIpc) is 2.37. The zero-order valence-electron chi connectivity index (χ0n) is 11.2. The van der Waals surface area contributed by atoms with Crippen molar-refractivity contribution in [2.24, 2.45) is 5.73 Å². The Labute approximate surface area is 114 Å². The first kappa shape index (κ1) is 15.0. The summed E-state index contributed by atoms with van der Waals surface area (Å²) in [6.07, 6.45) is 1.25. The van der Waals surface area contributed by atoms with E-state index in [4.69, 9.17) is 17.3 Å². The van der Waals surface area contributed by atoms with E-state index in [-0.39, 0.29) is 11.9 Å². The van der Waals surface area contributed by atoms with Crippen LogP contribution in [-0.2, 0) is 4.79 Å². The van der Waals surface area contributed by atoms with Crippen LogP contribution in [0, 0.1) is 0 Å². The Balaban J connectivity index is 2.76. The van der Waals surface area contributed by atoms with E-state index in [1.807, 2.05) is 45.0 Å². The SMILES string of the molecule is CCC(N)(CC)C(=O)N[C@H](C)c1cccc(Cl)c1. The first-order valence-electron chi connectivity index (χ1n) is 6.28. The summed E-state index contributed by atoms with van der Waals surface area (Å²) in [5, 5.41) is 3.61. The molecule has 4 heteroatoms. The van der Waals surface area contributed by atoms with E-state index in [0.717, 1.165) is 5.56 Å². The lowest BCUT2D eigenvalue weighted by atomic mass is 9.92. The highest BCUT2D eigenvalue weighted by Gasteiger charge is 2.30. The van der Waals surface area contributed by atoms with Crippen LogP contribution in [0.15, 0.2) is 24.3 Å². The third kappa shape index (κ3) is 3.47. The minimum absolute atomic E-state index is 0.0998. The first-order valence-corrected chi connectivity index (χ1v) is 6.66. The highest BCUT2D eigenvalue weighted by Crippen LogP contribution is 2.19. The van der Waals surface area contributed by atoms with Gasteiger partial charge in [0.15, 0.2) is 0 Å². The monoisotopic (exact) mass is 268 g/mol. The third-order valence-corrected chi connectivity index (χ3v) is 3.65. The van der Waals surface area contributed by atoms with Crippen molar-refractivity contribution < 1.29 is 4.79 Å². The van der Waals surface area contributed by atoms with Crippen LogP contribution in [0.5, 0.6) is 0 Å². The second kappa shape index (κ2) is 6.21. The normalized spacial score (nSPS) is 13.2. The van der Waals surface area contributed by atoms with Gasteiger partial charge in [0, 0.05) is 5.02 Å². The number of halogens is 1. The van der Waals surface area contributed by atoms with Crippen molar-refractivity contribution >= 4 is 17.5 Å². The molecule has 0 bridgehead atoms. The molecule has 3 nitrogen and oxygen atoms in total. The average molecular weight is 269 g/mol. The molecule has 3 N–H and O–H groups in total. The summed E-state index contributed by atoms with van der Waals surface area (Å²) in [5.41, 5.74) is 6.25. The number of hydrogen-bond acceptors (Lipinski definition) is 2. The summed E-state index contributed by atoms with van der Waals surface area (Å²) in [6, 6.07) is 7.37. The molecule has 0 aromatic heterocycles. The number of nitrogens with one attached hydrogen (secondary N) is 1. The molecule has 0 aliphatic heterocycles. The molecular formula is C14H21ClN2O. The van der Waals surface area contributed by atoms with Gasteiger partial charge in [0.1, 0.15) is 0 Å². The number of carbonyl (C=O) groups is 1. The van der Waals surface area contributed by atoms with E-state index in [9.17, 15) is 4.79 Å². The summed E-state index contributed by atoms with van der Waals surface area (Å²) >= 11 is 5.93. The number of nitrogens with two attached hydrogens (primary N) is 1. The molecule has 18 heavy (non-hydrogen) atoms. The molecule has 0 unspecified atom stereocenters. The van der Waals surface area contributed by atoms with Crippen molar-refractivity contribution in [1.29, 1.82) is 0 Å². The van der Waals surface area contributed by atoms with Gasteiger partial charge in [-0.1, -0.05) is 37.6 Å². The number of hydrogen-bond donors (Lipinski definition) is 2. The Kier molecular flexibility index (Phi) is 5.17. The van der Waals surface area contributed by atoms with Crippen LogP contribution < -0.4 is 11.1 Å². The van der Waals surface area contributed by atoms with Crippen LogP contribution in [0.25, 0.3) is 0 Å². The van der Waals surface area contributed by atoms with Crippen LogP contribution in [0.2, 0.25) is 5.02 Å². The van der Waals surface area contributed by atoms with E-state index in [2.05, 4.69) is 5.32 Å². The molecule has 1 rings (SSSR count). The zero-order valence-corrected chi connectivity index (χ0v) is 11.9. The molecule has 0 radical (unpaired) electrons. The topological polar surface area (TPSA) is 55.1 Å². The number of amides is 1. The van der Waals surface area contributed by atoms with Crippen molar-refractivity contribution in [1.82, 2.24) is 5.32 Å². The number of carbonyl (C=O) groups excluding carboxylic acids is 1. The lowest BCUT2D eigenvalue weighted by molar-refractivity contribution is -0.127. The highest BCUT2D eigenvalue weighted by atomic mass is 35.5. The Morgan fingerprint density at radius 1 is 1.44 bits per heavy atom. The molecule has 0 saturated carbocycles. The summed E-state index contributed by atoms with van der Waals surface area (Å²) < 4.78 is 0.